The summed E-state index contributed by atoms with van der Waals surface area (Å²) in [5, 5.41) is 0.838. The predicted octanol–water partition coefficient (Wildman–Crippen LogP) is 5.19. The molecule has 0 radical (unpaired) electrons. The number of furan rings is 1. The molecule has 4 heteroatoms. The van der Waals surface area contributed by atoms with Crippen LogP contribution in [0.3, 0.4) is 0 Å². The average molecular weight is 356 g/mol. The van der Waals surface area contributed by atoms with Crippen LogP contribution in [0.1, 0.15) is 32.0 Å². The molecule has 1 aromatic heterocycles. The number of esters is 1. The molecule has 0 unspecified atom stereocenters. The molecular formula is C23H16O4. The van der Waals surface area contributed by atoms with Crippen LogP contribution in [0.2, 0.25) is 0 Å². The molecule has 0 atom stereocenters. The first-order valence-electron chi connectivity index (χ1n) is 8.53. The van der Waals surface area contributed by atoms with Crippen LogP contribution in [0.5, 0.6) is 5.75 Å². The van der Waals surface area contributed by atoms with Gasteiger partial charge in [-0.15, -0.1) is 0 Å². The second-order valence-corrected chi connectivity index (χ2v) is 6.21. The zero-order valence-electron chi connectivity index (χ0n) is 14.6. The third-order valence-electron chi connectivity index (χ3n) is 4.30. The SMILES string of the molecule is Cc1cc(C(=O)c2ccccc2)ccc1OC(=O)c1cc2ccccc2o1. The van der Waals surface area contributed by atoms with E-state index in [9.17, 15) is 9.59 Å². The fraction of sp³-hybridized carbons (Fsp3) is 0.0435. The number of fused-ring (bicyclic) bond motifs is 1. The molecule has 4 nitrogen and oxygen atoms in total. The molecule has 4 aromatic rings. The van der Waals surface area contributed by atoms with E-state index in [1.165, 1.54) is 0 Å². The molecular weight excluding hydrogens is 340 g/mol. The number of ketones is 1. The standard InChI is InChI=1S/C23H16O4/c1-15-13-18(22(24)16-7-3-2-4-8-16)11-12-19(15)27-23(25)21-14-17-9-5-6-10-20(17)26-21/h2-14H,1H3. The van der Waals surface area contributed by atoms with E-state index in [-0.39, 0.29) is 11.5 Å². The van der Waals surface area contributed by atoms with E-state index in [0.717, 1.165) is 5.39 Å². The molecule has 27 heavy (non-hydrogen) atoms. The lowest BCUT2D eigenvalue weighted by atomic mass is 10.0. The number of hydrogen-bond donors (Lipinski definition) is 0. The summed E-state index contributed by atoms with van der Waals surface area (Å²) >= 11 is 0. The van der Waals surface area contributed by atoms with Gasteiger partial charge in [-0.3, -0.25) is 4.79 Å². The summed E-state index contributed by atoms with van der Waals surface area (Å²) in [6, 6.07) is 23.1. The Morgan fingerprint density at radius 2 is 1.56 bits per heavy atom. The van der Waals surface area contributed by atoms with Crippen molar-refractivity contribution in [3.63, 3.8) is 0 Å². The third kappa shape index (κ3) is 3.37. The average Bonchev–Trinajstić information content (AvgIpc) is 3.14. The Hall–Kier alpha value is -3.66. The summed E-state index contributed by atoms with van der Waals surface area (Å²) in [6.45, 7) is 1.79. The van der Waals surface area contributed by atoms with Crippen molar-refractivity contribution < 1.29 is 18.7 Å². The molecule has 1 heterocycles. The fourth-order valence-electron chi connectivity index (χ4n) is 2.89. The lowest BCUT2D eigenvalue weighted by Gasteiger charge is -2.08. The van der Waals surface area contributed by atoms with Gasteiger partial charge in [0.1, 0.15) is 11.3 Å². The highest BCUT2D eigenvalue weighted by atomic mass is 16.5. The molecule has 0 saturated carbocycles. The summed E-state index contributed by atoms with van der Waals surface area (Å²) in [5.41, 5.74) is 2.48. The minimum Gasteiger partial charge on any atom is -0.449 e. The first-order valence-corrected chi connectivity index (χ1v) is 8.53. The van der Waals surface area contributed by atoms with Crippen LogP contribution in [0, 0.1) is 6.92 Å². The van der Waals surface area contributed by atoms with Gasteiger partial charge in [0.05, 0.1) is 0 Å². The van der Waals surface area contributed by atoms with E-state index in [1.807, 2.05) is 36.4 Å². The van der Waals surface area contributed by atoms with Crippen LogP contribution in [-0.2, 0) is 0 Å². The Labute approximate surface area is 156 Å². The van der Waals surface area contributed by atoms with Crippen molar-refractivity contribution in [2.75, 3.05) is 0 Å². The van der Waals surface area contributed by atoms with Gasteiger partial charge in [0.15, 0.2) is 5.78 Å². The molecule has 0 aliphatic heterocycles. The van der Waals surface area contributed by atoms with E-state index in [1.54, 1.807) is 49.4 Å². The van der Waals surface area contributed by atoms with Crippen molar-refractivity contribution in [2.45, 2.75) is 6.92 Å². The van der Waals surface area contributed by atoms with Gasteiger partial charge < -0.3 is 9.15 Å². The molecule has 0 spiro atoms. The van der Waals surface area contributed by atoms with Crippen LogP contribution >= 0.6 is 0 Å². The highest BCUT2D eigenvalue weighted by molar-refractivity contribution is 6.09. The second-order valence-electron chi connectivity index (χ2n) is 6.21. The summed E-state index contributed by atoms with van der Waals surface area (Å²) in [6.07, 6.45) is 0. The molecule has 132 valence electrons. The first kappa shape index (κ1) is 16.8. The molecule has 4 rings (SSSR count). The van der Waals surface area contributed by atoms with Gasteiger partial charge in [-0.2, -0.15) is 0 Å². The number of aryl methyl sites for hydroxylation is 1. The minimum atomic E-state index is -0.573. The quantitative estimate of drug-likeness (QED) is 0.287. The van der Waals surface area contributed by atoms with Gasteiger partial charge in [-0.1, -0.05) is 48.5 Å². The van der Waals surface area contributed by atoms with Crippen LogP contribution in [0.15, 0.2) is 83.3 Å². The molecule has 3 aromatic carbocycles. The summed E-state index contributed by atoms with van der Waals surface area (Å²) < 4.78 is 11.0. The largest absolute Gasteiger partial charge is 0.449 e. The molecule has 0 N–H and O–H groups in total. The number of para-hydroxylation sites is 1. The van der Waals surface area contributed by atoms with Crippen LogP contribution < -0.4 is 4.74 Å². The third-order valence-corrected chi connectivity index (χ3v) is 4.30. The van der Waals surface area contributed by atoms with E-state index >= 15 is 0 Å². The molecule has 0 aliphatic rings. The Morgan fingerprint density at radius 1 is 0.815 bits per heavy atom. The number of carbonyl (C=O) groups is 2. The number of rotatable bonds is 4. The normalized spacial score (nSPS) is 10.7. The lowest BCUT2D eigenvalue weighted by Crippen LogP contribution is -2.09. The Morgan fingerprint density at radius 3 is 2.30 bits per heavy atom. The van der Waals surface area contributed by atoms with Crippen molar-refractivity contribution in [1.29, 1.82) is 0 Å². The minimum absolute atomic E-state index is 0.0751. The van der Waals surface area contributed by atoms with Crippen molar-refractivity contribution in [1.82, 2.24) is 0 Å². The first-order chi connectivity index (χ1) is 13.1. The van der Waals surface area contributed by atoms with Gasteiger partial charge in [0, 0.05) is 16.5 Å². The highest BCUT2D eigenvalue weighted by Crippen LogP contribution is 2.24. The zero-order valence-corrected chi connectivity index (χ0v) is 14.6. The number of carbonyl (C=O) groups excluding carboxylic acids is 2. The summed E-state index contributed by atoms with van der Waals surface area (Å²) in [4.78, 5) is 24.9. The Bertz CT molecular complexity index is 1110. The van der Waals surface area contributed by atoms with Crippen LogP contribution in [-0.4, -0.2) is 11.8 Å². The van der Waals surface area contributed by atoms with E-state index < -0.39 is 5.97 Å². The molecule has 0 amide bonds. The monoisotopic (exact) mass is 356 g/mol. The van der Waals surface area contributed by atoms with E-state index in [4.69, 9.17) is 9.15 Å². The second kappa shape index (κ2) is 6.92. The lowest BCUT2D eigenvalue weighted by molar-refractivity contribution is 0.0702. The number of ether oxygens (including phenoxy) is 1. The number of hydrogen-bond acceptors (Lipinski definition) is 4. The summed E-state index contributed by atoms with van der Waals surface area (Å²) in [5.74, 6) is -0.115. The zero-order chi connectivity index (χ0) is 18.8. The maximum Gasteiger partial charge on any atom is 0.379 e. The van der Waals surface area contributed by atoms with E-state index in [0.29, 0.717) is 28.0 Å². The van der Waals surface area contributed by atoms with E-state index in [2.05, 4.69) is 0 Å². The molecule has 0 aliphatic carbocycles. The van der Waals surface area contributed by atoms with Gasteiger partial charge in [0.2, 0.25) is 5.76 Å². The fourth-order valence-corrected chi connectivity index (χ4v) is 2.89. The summed E-state index contributed by atoms with van der Waals surface area (Å²) in [7, 11) is 0. The van der Waals surface area contributed by atoms with Crippen molar-refractivity contribution in [3.05, 3.63) is 101 Å². The number of benzene rings is 3. The van der Waals surface area contributed by atoms with Crippen molar-refractivity contribution >= 4 is 22.7 Å². The van der Waals surface area contributed by atoms with Crippen LogP contribution in [0.25, 0.3) is 11.0 Å². The smallest absolute Gasteiger partial charge is 0.379 e. The Kier molecular flexibility index (Phi) is 4.30. The van der Waals surface area contributed by atoms with Crippen LogP contribution in [0.4, 0.5) is 0 Å². The van der Waals surface area contributed by atoms with Crippen molar-refractivity contribution in [3.8, 4) is 5.75 Å². The maximum absolute atomic E-state index is 12.5. The molecule has 0 bridgehead atoms. The van der Waals surface area contributed by atoms with Crippen molar-refractivity contribution in [2.24, 2.45) is 0 Å². The van der Waals surface area contributed by atoms with Gasteiger partial charge in [-0.05, 0) is 42.8 Å². The van der Waals surface area contributed by atoms with Gasteiger partial charge in [0.25, 0.3) is 0 Å². The van der Waals surface area contributed by atoms with Gasteiger partial charge in [-0.25, -0.2) is 4.79 Å². The maximum atomic E-state index is 12.5. The predicted molar refractivity (Wildman–Crippen MR) is 102 cm³/mol. The topological polar surface area (TPSA) is 56.5 Å². The molecule has 0 fully saturated rings. The van der Waals surface area contributed by atoms with Gasteiger partial charge >= 0.3 is 5.97 Å². The molecule has 0 saturated heterocycles. The highest BCUT2D eigenvalue weighted by Gasteiger charge is 2.17. The Balaban J connectivity index is 1.56.